The van der Waals surface area contributed by atoms with Crippen LogP contribution in [0.3, 0.4) is 0 Å². The summed E-state index contributed by atoms with van der Waals surface area (Å²) >= 11 is 0. The van der Waals surface area contributed by atoms with Gasteiger partial charge in [0.15, 0.2) is 5.58 Å². The van der Waals surface area contributed by atoms with Crippen molar-refractivity contribution in [2.24, 2.45) is 0 Å². The molecule has 0 amide bonds. The van der Waals surface area contributed by atoms with Crippen LogP contribution in [0.4, 0.5) is 0 Å². The fraction of sp³-hybridized carbons (Fsp3) is 0. The van der Waals surface area contributed by atoms with E-state index in [9.17, 15) is 0 Å². The Morgan fingerprint density at radius 1 is 0.344 bits per heavy atom. The van der Waals surface area contributed by atoms with Crippen molar-refractivity contribution < 1.29 is 4.42 Å². The molecule has 13 aromatic rings. The Kier molecular flexibility index (Phi) is 7.24. The van der Waals surface area contributed by atoms with E-state index < -0.39 is 0 Å². The average Bonchev–Trinajstić information content (AvgIpc) is 4.00. The molecule has 4 aromatic heterocycles. The number of hydrogen-bond acceptors (Lipinski definition) is 3. The molecule has 0 radical (unpaired) electrons. The Balaban J connectivity index is 1.18. The van der Waals surface area contributed by atoms with Crippen LogP contribution in [-0.4, -0.2) is 19.1 Å². The Morgan fingerprint density at radius 3 is 1.69 bits per heavy atom. The van der Waals surface area contributed by atoms with Crippen molar-refractivity contribution in [3.05, 3.63) is 206 Å². The van der Waals surface area contributed by atoms with Crippen molar-refractivity contribution in [3.8, 4) is 45.1 Å². The zero-order chi connectivity index (χ0) is 40.0. The third kappa shape index (κ3) is 5.08. The number of aromatic nitrogens is 4. The minimum Gasteiger partial charge on any atom is -0.454 e. The first kappa shape index (κ1) is 33.7. The predicted octanol–water partition coefficient (Wildman–Crippen LogP) is 14.7. The number of rotatable bonds is 5. The Hall–Kier alpha value is -8.28. The maximum atomic E-state index is 6.88. The monoisotopic (exact) mass is 778 g/mol. The van der Waals surface area contributed by atoms with Crippen LogP contribution in [0.1, 0.15) is 0 Å². The molecule has 0 bridgehead atoms. The molecule has 0 atom stereocenters. The normalized spacial score (nSPS) is 11.9. The lowest BCUT2D eigenvalue weighted by molar-refractivity contribution is 0.671. The average molecular weight is 779 g/mol. The highest BCUT2D eigenvalue weighted by atomic mass is 16.3. The number of benzene rings is 9. The van der Waals surface area contributed by atoms with Gasteiger partial charge in [-0.25, -0.2) is 9.97 Å². The summed E-state index contributed by atoms with van der Waals surface area (Å²) in [5.41, 5.74) is 14.3. The third-order valence-corrected chi connectivity index (χ3v) is 12.3. The molecule has 0 unspecified atom stereocenters. The molecular weight excluding hydrogens is 745 g/mol. The first-order valence-electron chi connectivity index (χ1n) is 20.7. The lowest BCUT2D eigenvalue weighted by Gasteiger charge is -2.14. The lowest BCUT2D eigenvalue weighted by Crippen LogP contribution is -2.05. The molecule has 0 aliphatic heterocycles. The molecule has 0 fully saturated rings. The third-order valence-electron chi connectivity index (χ3n) is 12.3. The molecule has 0 N–H and O–H groups in total. The number of hydrogen-bond donors (Lipinski definition) is 0. The van der Waals surface area contributed by atoms with Crippen molar-refractivity contribution >= 4 is 76.5 Å². The first-order valence-corrected chi connectivity index (χ1v) is 20.7. The lowest BCUT2D eigenvalue weighted by atomic mass is 10.0. The van der Waals surface area contributed by atoms with Crippen molar-refractivity contribution in [2.75, 3.05) is 0 Å². The van der Waals surface area contributed by atoms with E-state index >= 15 is 0 Å². The zero-order valence-corrected chi connectivity index (χ0v) is 32.8. The van der Waals surface area contributed by atoms with Crippen LogP contribution in [-0.2, 0) is 0 Å². The van der Waals surface area contributed by atoms with Crippen LogP contribution >= 0.6 is 0 Å². The molecule has 9 aromatic carbocycles. The standard InChI is InChI=1S/C56H34N4O/c1-3-14-35(15-4-1)37-26-28-38(29-27-37)51-47-22-7-10-23-48(47)57-56(58-51)60-53-44(45-32-33-46-42-21-9-12-25-50(42)61-55(46)54(45)60)31-30-43-41-20-8-11-24-49(41)59(52(43)53)40-19-13-18-39(34-40)36-16-5-2-6-17-36/h1-34H. The topological polar surface area (TPSA) is 48.8 Å². The van der Waals surface area contributed by atoms with Gasteiger partial charge < -0.3 is 8.98 Å². The fourth-order valence-electron chi connectivity index (χ4n) is 9.57. The summed E-state index contributed by atoms with van der Waals surface area (Å²) in [5, 5.41) is 7.61. The van der Waals surface area contributed by atoms with E-state index in [-0.39, 0.29) is 0 Å². The Bertz CT molecular complexity index is 3860. The number of para-hydroxylation sites is 3. The van der Waals surface area contributed by atoms with Crippen molar-refractivity contribution in [1.29, 1.82) is 0 Å². The molecule has 13 rings (SSSR count). The fourth-order valence-corrected chi connectivity index (χ4v) is 9.57. The van der Waals surface area contributed by atoms with Gasteiger partial charge in [0.2, 0.25) is 5.95 Å². The second-order valence-corrected chi connectivity index (χ2v) is 15.7. The minimum absolute atomic E-state index is 0.580. The molecule has 5 nitrogen and oxygen atoms in total. The predicted molar refractivity (Wildman–Crippen MR) is 252 cm³/mol. The van der Waals surface area contributed by atoms with Gasteiger partial charge in [0.25, 0.3) is 0 Å². The van der Waals surface area contributed by atoms with E-state index in [2.05, 4.69) is 203 Å². The van der Waals surface area contributed by atoms with Crippen molar-refractivity contribution in [3.63, 3.8) is 0 Å². The van der Waals surface area contributed by atoms with Gasteiger partial charge >= 0.3 is 0 Å². The minimum atomic E-state index is 0.580. The highest BCUT2D eigenvalue weighted by Gasteiger charge is 2.26. The van der Waals surface area contributed by atoms with Gasteiger partial charge in [-0.2, -0.15) is 0 Å². The van der Waals surface area contributed by atoms with Crippen LogP contribution in [0.25, 0.3) is 122 Å². The van der Waals surface area contributed by atoms with E-state index in [1.54, 1.807) is 0 Å². The second kappa shape index (κ2) is 13.1. The molecule has 61 heavy (non-hydrogen) atoms. The van der Waals surface area contributed by atoms with Crippen molar-refractivity contribution in [2.45, 2.75) is 0 Å². The number of nitrogens with zero attached hydrogens (tertiary/aromatic N) is 4. The molecule has 0 aliphatic rings. The molecule has 284 valence electrons. The smallest absolute Gasteiger partial charge is 0.236 e. The summed E-state index contributed by atoms with van der Waals surface area (Å²) < 4.78 is 11.6. The molecule has 0 aliphatic carbocycles. The maximum Gasteiger partial charge on any atom is 0.236 e. The number of fused-ring (bicyclic) bond motifs is 12. The van der Waals surface area contributed by atoms with Gasteiger partial charge in [-0.15, -0.1) is 0 Å². The van der Waals surface area contributed by atoms with E-state index in [0.29, 0.717) is 5.95 Å². The van der Waals surface area contributed by atoms with Crippen LogP contribution in [0.5, 0.6) is 0 Å². The summed E-state index contributed by atoms with van der Waals surface area (Å²) in [7, 11) is 0. The van der Waals surface area contributed by atoms with Gasteiger partial charge in [-0.05, 0) is 58.7 Å². The summed E-state index contributed by atoms with van der Waals surface area (Å²) in [6.45, 7) is 0. The zero-order valence-electron chi connectivity index (χ0n) is 32.8. The van der Waals surface area contributed by atoms with Gasteiger partial charge in [-0.3, -0.25) is 4.57 Å². The van der Waals surface area contributed by atoms with Gasteiger partial charge in [0.05, 0.1) is 27.8 Å². The van der Waals surface area contributed by atoms with E-state index in [0.717, 1.165) is 99.1 Å². The molecule has 0 saturated heterocycles. The van der Waals surface area contributed by atoms with Crippen LogP contribution < -0.4 is 0 Å². The molecule has 0 saturated carbocycles. The molecular formula is C56H34N4O. The molecule has 4 heterocycles. The van der Waals surface area contributed by atoms with Crippen LogP contribution in [0.2, 0.25) is 0 Å². The second-order valence-electron chi connectivity index (χ2n) is 15.7. The van der Waals surface area contributed by atoms with E-state index in [1.807, 2.05) is 12.1 Å². The molecule has 5 heteroatoms. The highest BCUT2D eigenvalue weighted by molar-refractivity contribution is 6.27. The van der Waals surface area contributed by atoms with Crippen molar-refractivity contribution in [1.82, 2.24) is 19.1 Å². The Labute approximate surface area is 350 Å². The Morgan fingerprint density at radius 2 is 0.902 bits per heavy atom. The maximum absolute atomic E-state index is 6.88. The van der Waals surface area contributed by atoms with Crippen LogP contribution in [0, 0.1) is 0 Å². The van der Waals surface area contributed by atoms with Crippen LogP contribution in [0.15, 0.2) is 211 Å². The summed E-state index contributed by atoms with van der Waals surface area (Å²) in [6, 6.07) is 73.0. The van der Waals surface area contributed by atoms with E-state index in [1.165, 1.54) is 16.5 Å². The summed E-state index contributed by atoms with van der Waals surface area (Å²) in [4.78, 5) is 11.0. The summed E-state index contributed by atoms with van der Waals surface area (Å²) in [5.74, 6) is 0.580. The number of furan rings is 1. The highest BCUT2D eigenvalue weighted by Crippen LogP contribution is 2.45. The van der Waals surface area contributed by atoms with Gasteiger partial charge in [-0.1, -0.05) is 170 Å². The molecule has 0 spiro atoms. The van der Waals surface area contributed by atoms with E-state index in [4.69, 9.17) is 14.4 Å². The largest absolute Gasteiger partial charge is 0.454 e. The first-order chi connectivity index (χ1) is 30.3. The van der Waals surface area contributed by atoms with Gasteiger partial charge in [0, 0.05) is 49.0 Å². The summed E-state index contributed by atoms with van der Waals surface area (Å²) in [6.07, 6.45) is 0. The SMILES string of the molecule is c1ccc(-c2ccc(-c3nc(-n4c5c(ccc6c7ccccc7oc65)c5ccc6c7ccccc7n(-c7cccc(-c8ccccc8)c7)c6c54)nc4ccccc34)cc2)cc1. The van der Waals surface area contributed by atoms with Gasteiger partial charge in [0.1, 0.15) is 11.1 Å². The quantitative estimate of drug-likeness (QED) is 0.175.